The van der Waals surface area contributed by atoms with E-state index in [0.29, 0.717) is 11.5 Å². The van der Waals surface area contributed by atoms with Crippen molar-refractivity contribution in [2.75, 3.05) is 12.0 Å². The first-order valence-electron chi connectivity index (χ1n) is 10.1. The van der Waals surface area contributed by atoms with Gasteiger partial charge in [-0.3, -0.25) is 9.69 Å². The summed E-state index contributed by atoms with van der Waals surface area (Å²) in [5, 5.41) is 4.55. The highest BCUT2D eigenvalue weighted by molar-refractivity contribution is 6.04. The van der Waals surface area contributed by atoms with Crippen molar-refractivity contribution in [1.82, 2.24) is 14.8 Å². The number of pyridine rings is 1. The van der Waals surface area contributed by atoms with Crippen LogP contribution in [0.15, 0.2) is 54.9 Å². The molecule has 1 aliphatic carbocycles. The number of aromatic nitrogens is 3. The Morgan fingerprint density at radius 1 is 1.07 bits per heavy atom. The number of hydrogen-bond donors (Lipinski definition) is 0. The summed E-state index contributed by atoms with van der Waals surface area (Å²) >= 11 is 0. The Hall–Kier alpha value is -3.15. The predicted molar refractivity (Wildman–Crippen MR) is 113 cm³/mol. The molecule has 29 heavy (non-hydrogen) atoms. The van der Waals surface area contributed by atoms with Crippen LogP contribution in [0.5, 0.6) is 5.75 Å². The second-order valence-corrected chi connectivity index (χ2v) is 7.50. The second kappa shape index (κ2) is 8.47. The SMILES string of the molecule is COc1ccc(-n2ccc(C(=O)N(c3ccc(C)cn3)C3CCCCC3)n2)cc1. The maximum Gasteiger partial charge on any atom is 0.280 e. The van der Waals surface area contributed by atoms with Gasteiger partial charge in [0.05, 0.1) is 12.8 Å². The maximum absolute atomic E-state index is 13.5. The largest absolute Gasteiger partial charge is 0.497 e. The summed E-state index contributed by atoms with van der Waals surface area (Å²) in [6.45, 7) is 2.00. The Morgan fingerprint density at radius 2 is 1.83 bits per heavy atom. The lowest BCUT2D eigenvalue weighted by molar-refractivity contribution is 0.0964. The second-order valence-electron chi connectivity index (χ2n) is 7.50. The molecule has 2 heterocycles. The van der Waals surface area contributed by atoms with Crippen LogP contribution >= 0.6 is 0 Å². The minimum absolute atomic E-state index is 0.0967. The number of benzene rings is 1. The van der Waals surface area contributed by atoms with Crippen molar-refractivity contribution >= 4 is 11.7 Å². The minimum atomic E-state index is -0.0967. The molecule has 1 amide bonds. The van der Waals surface area contributed by atoms with Gasteiger partial charge < -0.3 is 4.74 Å². The number of aryl methyl sites for hydroxylation is 1. The monoisotopic (exact) mass is 390 g/mol. The van der Waals surface area contributed by atoms with Crippen LogP contribution < -0.4 is 9.64 Å². The summed E-state index contributed by atoms with van der Waals surface area (Å²) < 4.78 is 6.92. The van der Waals surface area contributed by atoms with Gasteiger partial charge in [0.2, 0.25) is 0 Å². The van der Waals surface area contributed by atoms with E-state index in [1.165, 1.54) is 6.42 Å². The molecule has 0 unspecified atom stereocenters. The number of methoxy groups -OCH3 is 1. The lowest BCUT2D eigenvalue weighted by Gasteiger charge is -2.33. The van der Waals surface area contributed by atoms with E-state index < -0.39 is 0 Å². The molecule has 0 bridgehead atoms. The van der Waals surface area contributed by atoms with Gasteiger partial charge in [-0.15, -0.1) is 0 Å². The Morgan fingerprint density at radius 3 is 2.48 bits per heavy atom. The highest BCUT2D eigenvalue weighted by Crippen LogP contribution is 2.28. The zero-order valence-electron chi connectivity index (χ0n) is 16.9. The molecule has 0 aliphatic heterocycles. The van der Waals surface area contributed by atoms with Gasteiger partial charge in [0.25, 0.3) is 5.91 Å². The van der Waals surface area contributed by atoms with Crippen molar-refractivity contribution < 1.29 is 9.53 Å². The van der Waals surface area contributed by atoms with Crippen LogP contribution in [-0.4, -0.2) is 33.8 Å². The first-order chi connectivity index (χ1) is 14.2. The highest BCUT2D eigenvalue weighted by atomic mass is 16.5. The molecule has 0 N–H and O–H groups in total. The van der Waals surface area contributed by atoms with Crippen LogP contribution in [0.25, 0.3) is 5.69 Å². The molecule has 0 saturated heterocycles. The molecule has 2 aromatic heterocycles. The van der Waals surface area contributed by atoms with E-state index in [2.05, 4.69) is 10.1 Å². The van der Waals surface area contributed by atoms with Crippen LogP contribution in [0.2, 0.25) is 0 Å². The summed E-state index contributed by atoms with van der Waals surface area (Å²) in [7, 11) is 1.64. The van der Waals surface area contributed by atoms with Gasteiger partial charge in [-0.05, 0) is 61.7 Å². The van der Waals surface area contributed by atoms with E-state index in [1.807, 2.05) is 60.6 Å². The number of anilines is 1. The standard InChI is InChI=1S/C23H26N4O2/c1-17-8-13-22(24-16-17)27(19-6-4-3-5-7-19)23(28)21-14-15-26(25-21)18-9-11-20(29-2)12-10-18/h8-16,19H,3-7H2,1-2H3. The van der Waals surface area contributed by atoms with Gasteiger partial charge >= 0.3 is 0 Å². The Bertz CT molecular complexity index is 957. The Kier molecular flexibility index (Phi) is 5.60. The quantitative estimate of drug-likeness (QED) is 0.641. The summed E-state index contributed by atoms with van der Waals surface area (Å²) in [5.41, 5.74) is 2.38. The molecule has 150 valence electrons. The number of ether oxygens (including phenoxy) is 1. The molecule has 1 aliphatic rings. The number of nitrogens with zero attached hydrogens (tertiary/aromatic N) is 4. The van der Waals surface area contributed by atoms with Gasteiger partial charge in [-0.1, -0.05) is 25.3 Å². The van der Waals surface area contributed by atoms with E-state index in [4.69, 9.17) is 4.74 Å². The van der Waals surface area contributed by atoms with Gasteiger partial charge in [0.1, 0.15) is 11.6 Å². The number of carbonyl (C=O) groups is 1. The van der Waals surface area contributed by atoms with Crippen molar-refractivity contribution in [2.45, 2.75) is 45.1 Å². The predicted octanol–water partition coefficient (Wildman–Crippen LogP) is 4.56. The van der Waals surface area contributed by atoms with Crippen molar-refractivity contribution in [3.05, 3.63) is 66.1 Å². The van der Waals surface area contributed by atoms with Crippen molar-refractivity contribution in [3.8, 4) is 11.4 Å². The zero-order valence-corrected chi connectivity index (χ0v) is 16.9. The lowest BCUT2D eigenvalue weighted by Crippen LogP contribution is -2.42. The van der Waals surface area contributed by atoms with E-state index in [-0.39, 0.29) is 11.9 Å². The fourth-order valence-electron chi connectivity index (χ4n) is 3.84. The molecule has 1 fully saturated rings. The normalized spacial score (nSPS) is 14.6. The Balaban J connectivity index is 1.63. The van der Waals surface area contributed by atoms with Gasteiger partial charge in [0.15, 0.2) is 5.69 Å². The first kappa shape index (κ1) is 19.2. The van der Waals surface area contributed by atoms with Crippen LogP contribution in [0.4, 0.5) is 5.82 Å². The first-order valence-corrected chi connectivity index (χ1v) is 10.1. The smallest absolute Gasteiger partial charge is 0.280 e. The molecule has 4 rings (SSSR count). The van der Waals surface area contributed by atoms with Gasteiger partial charge in [-0.25, -0.2) is 9.67 Å². The van der Waals surface area contributed by atoms with Crippen molar-refractivity contribution in [1.29, 1.82) is 0 Å². The van der Waals surface area contributed by atoms with Crippen LogP contribution in [0, 0.1) is 6.92 Å². The third kappa shape index (κ3) is 4.16. The molecule has 0 radical (unpaired) electrons. The van der Waals surface area contributed by atoms with Crippen molar-refractivity contribution in [3.63, 3.8) is 0 Å². The van der Waals surface area contributed by atoms with E-state index in [9.17, 15) is 4.79 Å². The molecule has 0 spiro atoms. The average molecular weight is 390 g/mol. The summed E-state index contributed by atoms with van der Waals surface area (Å²) in [5.74, 6) is 1.39. The van der Waals surface area contributed by atoms with E-state index in [0.717, 1.165) is 42.7 Å². The summed E-state index contributed by atoms with van der Waals surface area (Å²) in [4.78, 5) is 19.9. The number of hydrogen-bond acceptors (Lipinski definition) is 4. The third-order valence-electron chi connectivity index (χ3n) is 5.45. The molecule has 1 aromatic carbocycles. The number of carbonyl (C=O) groups excluding carboxylic acids is 1. The third-order valence-corrected chi connectivity index (χ3v) is 5.45. The number of rotatable bonds is 5. The van der Waals surface area contributed by atoms with Gasteiger partial charge in [0, 0.05) is 18.4 Å². The van der Waals surface area contributed by atoms with Crippen molar-refractivity contribution in [2.24, 2.45) is 0 Å². The van der Waals surface area contributed by atoms with Crippen LogP contribution in [0.3, 0.4) is 0 Å². The molecule has 0 atom stereocenters. The van der Waals surface area contributed by atoms with Crippen LogP contribution in [0.1, 0.15) is 48.2 Å². The molecular formula is C23H26N4O2. The van der Waals surface area contributed by atoms with E-state index in [1.54, 1.807) is 17.9 Å². The fourth-order valence-corrected chi connectivity index (χ4v) is 3.84. The zero-order chi connectivity index (χ0) is 20.2. The minimum Gasteiger partial charge on any atom is -0.497 e. The average Bonchev–Trinajstić information content (AvgIpc) is 3.26. The topological polar surface area (TPSA) is 60.2 Å². The lowest BCUT2D eigenvalue weighted by atomic mass is 9.94. The molecule has 1 saturated carbocycles. The number of amides is 1. The Labute approximate surface area is 171 Å². The molecular weight excluding hydrogens is 364 g/mol. The fraction of sp³-hybridized carbons (Fsp3) is 0.348. The summed E-state index contributed by atoms with van der Waals surface area (Å²) in [6.07, 6.45) is 9.14. The van der Waals surface area contributed by atoms with Gasteiger partial charge in [-0.2, -0.15) is 5.10 Å². The maximum atomic E-state index is 13.5. The molecule has 6 heteroatoms. The van der Waals surface area contributed by atoms with Crippen LogP contribution in [-0.2, 0) is 0 Å². The highest BCUT2D eigenvalue weighted by Gasteiger charge is 2.30. The summed E-state index contributed by atoms with van der Waals surface area (Å²) in [6, 6.07) is 13.5. The van der Waals surface area contributed by atoms with E-state index >= 15 is 0 Å². The molecule has 3 aromatic rings. The molecule has 6 nitrogen and oxygen atoms in total.